The summed E-state index contributed by atoms with van der Waals surface area (Å²) in [6.45, 7) is 0. The molecule has 1 aliphatic carbocycles. The summed E-state index contributed by atoms with van der Waals surface area (Å²) in [5.74, 6) is -8.74. The van der Waals surface area contributed by atoms with Crippen molar-refractivity contribution in [2.45, 2.75) is 0 Å². The molecule has 0 atom stereocenters. The van der Waals surface area contributed by atoms with Crippen LogP contribution in [0.3, 0.4) is 0 Å². The molecule has 0 unspecified atom stereocenters. The van der Waals surface area contributed by atoms with Crippen LogP contribution in [0, 0.1) is 0 Å². The fraction of sp³-hybridized carbons (Fsp3) is 0. The van der Waals surface area contributed by atoms with Gasteiger partial charge in [0.1, 0.15) is 0 Å². The van der Waals surface area contributed by atoms with E-state index in [0.717, 1.165) is 18.2 Å². The van der Waals surface area contributed by atoms with Crippen LogP contribution in [0.2, 0.25) is 0 Å². The van der Waals surface area contributed by atoms with Crippen LogP contribution in [0.5, 0.6) is 0 Å². The number of rotatable bonds is 4. The van der Waals surface area contributed by atoms with Crippen molar-refractivity contribution in [2.24, 2.45) is 0 Å². The lowest BCUT2D eigenvalue weighted by atomic mass is 9.79. The summed E-state index contributed by atoms with van der Waals surface area (Å²) in [7, 11) is 0. The molecule has 1 aliphatic rings. The number of benzene rings is 2. The maximum atomic E-state index is 12.9. The van der Waals surface area contributed by atoms with E-state index in [1.807, 2.05) is 0 Å². The van der Waals surface area contributed by atoms with Gasteiger partial charge >= 0.3 is 23.9 Å². The van der Waals surface area contributed by atoms with E-state index < -0.39 is 80.0 Å². The fourth-order valence-electron chi connectivity index (χ4n) is 3.04. The Labute approximate surface area is 154 Å². The molecule has 0 fully saturated rings. The quantitative estimate of drug-likeness (QED) is 0.510. The number of aromatic carboxylic acids is 4. The zero-order valence-electron chi connectivity index (χ0n) is 13.5. The van der Waals surface area contributed by atoms with E-state index in [1.54, 1.807) is 0 Å². The van der Waals surface area contributed by atoms with Crippen LogP contribution in [0.1, 0.15) is 73.3 Å². The van der Waals surface area contributed by atoms with Gasteiger partial charge in [-0.15, -0.1) is 0 Å². The van der Waals surface area contributed by atoms with Crippen LogP contribution in [-0.4, -0.2) is 55.9 Å². The number of fused-ring (bicyclic) bond motifs is 2. The molecule has 10 heteroatoms. The minimum absolute atomic E-state index is 0.417. The molecule has 0 spiro atoms. The van der Waals surface area contributed by atoms with Gasteiger partial charge in [-0.3, -0.25) is 9.59 Å². The van der Waals surface area contributed by atoms with E-state index >= 15 is 0 Å². The second-order valence-corrected chi connectivity index (χ2v) is 5.73. The highest BCUT2D eigenvalue weighted by Gasteiger charge is 2.37. The van der Waals surface area contributed by atoms with Gasteiger partial charge in [0, 0.05) is 22.3 Å². The topological polar surface area (TPSA) is 183 Å². The Bertz CT molecular complexity index is 1140. The van der Waals surface area contributed by atoms with E-state index in [9.17, 15) is 49.2 Å². The molecular weight excluding hydrogens is 376 g/mol. The largest absolute Gasteiger partial charge is 0.478 e. The third kappa shape index (κ3) is 2.51. The number of carboxylic acid groups (broad SMARTS) is 4. The average Bonchev–Trinajstić information content (AvgIpc) is 2.63. The van der Waals surface area contributed by atoms with Crippen molar-refractivity contribution in [1.29, 1.82) is 0 Å². The summed E-state index contributed by atoms with van der Waals surface area (Å²) in [5, 5.41) is 36.9. The molecule has 0 heterocycles. The first kappa shape index (κ1) is 18.5. The average molecular weight is 384 g/mol. The molecule has 140 valence electrons. The van der Waals surface area contributed by atoms with E-state index in [4.69, 9.17) is 0 Å². The lowest BCUT2D eigenvalue weighted by Gasteiger charge is -2.21. The van der Waals surface area contributed by atoms with Crippen LogP contribution in [0.25, 0.3) is 0 Å². The SMILES string of the molecule is O=C(O)c1cc2c(cc1C(=O)O)C(=O)c1c(ccc(C(=O)O)c1C(=O)O)C2=O. The zero-order valence-corrected chi connectivity index (χ0v) is 13.5. The molecule has 4 N–H and O–H groups in total. The number of ketones is 2. The zero-order chi connectivity index (χ0) is 20.9. The first-order chi connectivity index (χ1) is 13.1. The second-order valence-electron chi connectivity index (χ2n) is 5.73. The highest BCUT2D eigenvalue weighted by Crippen LogP contribution is 2.33. The van der Waals surface area contributed by atoms with Crippen LogP contribution < -0.4 is 0 Å². The molecule has 3 rings (SSSR count). The van der Waals surface area contributed by atoms with Gasteiger partial charge in [-0.1, -0.05) is 0 Å². The van der Waals surface area contributed by atoms with Gasteiger partial charge in [0.15, 0.2) is 11.6 Å². The maximum Gasteiger partial charge on any atom is 0.337 e. The standard InChI is InChI=1S/C18H8O10/c19-13-5-1-2-6(15(21)22)12(18(27)28)11(5)14(20)8-4-10(17(25)26)9(16(23)24)3-7(8)13/h1-4H,(H,21,22)(H,23,24)(H,25,26)(H,27,28). The van der Waals surface area contributed by atoms with Gasteiger partial charge in [0.05, 0.1) is 22.3 Å². The molecule has 0 aromatic heterocycles. The Balaban J connectivity index is 2.41. The third-order valence-corrected chi connectivity index (χ3v) is 4.23. The summed E-state index contributed by atoms with van der Waals surface area (Å²) in [4.78, 5) is 71.1. The Hall–Kier alpha value is -4.34. The minimum Gasteiger partial charge on any atom is -0.478 e. The molecule has 0 aliphatic heterocycles. The van der Waals surface area contributed by atoms with Gasteiger partial charge in [-0.2, -0.15) is 0 Å². The van der Waals surface area contributed by atoms with Gasteiger partial charge in [-0.05, 0) is 24.3 Å². The Morgan fingerprint density at radius 2 is 1.04 bits per heavy atom. The van der Waals surface area contributed by atoms with Crippen LogP contribution >= 0.6 is 0 Å². The summed E-state index contributed by atoms with van der Waals surface area (Å²) in [6, 6.07) is 3.21. The first-order valence-corrected chi connectivity index (χ1v) is 7.43. The van der Waals surface area contributed by atoms with Crippen molar-refractivity contribution in [3.8, 4) is 0 Å². The fourth-order valence-corrected chi connectivity index (χ4v) is 3.04. The number of carbonyl (C=O) groups excluding carboxylic acids is 2. The predicted molar refractivity (Wildman–Crippen MR) is 87.6 cm³/mol. The molecule has 0 bridgehead atoms. The number of carbonyl (C=O) groups is 6. The van der Waals surface area contributed by atoms with Gasteiger partial charge in [-0.25, -0.2) is 19.2 Å². The second kappa shape index (κ2) is 6.13. The number of carboxylic acids is 4. The minimum atomic E-state index is -1.76. The molecule has 0 radical (unpaired) electrons. The van der Waals surface area contributed by atoms with E-state index in [2.05, 4.69) is 0 Å². The van der Waals surface area contributed by atoms with E-state index in [1.165, 1.54) is 0 Å². The predicted octanol–water partition coefficient (Wildman–Crippen LogP) is 1.25. The van der Waals surface area contributed by atoms with Gasteiger partial charge in [0.25, 0.3) is 0 Å². The summed E-state index contributed by atoms with van der Waals surface area (Å²) in [5.41, 5.74) is -5.18. The normalized spacial score (nSPS) is 12.1. The number of hydrogen-bond donors (Lipinski definition) is 4. The lowest BCUT2D eigenvalue weighted by Crippen LogP contribution is -2.27. The van der Waals surface area contributed by atoms with Gasteiger partial charge in [0.2, 0.25) is 0 Å². The molecular formula is C18H8O10. The summed E-state index contributed by atoms with van der Waals surface area (Å²) in [6.07, 6.45) is 0. The lowest BCUT2D eigenvalue weighted by molar-refractivity contribution is 0.0648. The summed E-state index contributed by atoms with van der Waals surface area (Å²) < 4.78 is 0. The Morgan fingerprint density at radius 3 is 1.46 bits per heavy atom. The smallest absolute Gasteiger partial charge is 0.337 e. The molecule has 10 nitrogen and oxygen atoms in total. The van der Waals surface area contributed by atoms with E-state index in [-0.39, 0.29) is 0 Å². The van der Waals surface area contributed by atoms with Crippen LogP contribution in [-0.2, 0) is 0 Å². The molecule has 0 saturated heterocycles. The van der Waals surface area contributed by atoms with Crippen molar-refractivity contribution in [3.63, 3.8) is 0 Å². The Kier molecular flexibility index (Phi) is 4.04. The Morgan fingerprint density at radius 1 is 0.571 bits per heavy atom. The van der Waals surface area contributed by atoms with Crippen molar-refractivity contribution in [1.82, 2.24) is 0 Å². The number of hydrogen-bond acceptors (Lipinski definition) is 6. The van der Waals surface area contributed by atoms with Crippen molar-refractivity contribution in [3.05, 3.63) is 68.8 Å². The third-order valence-electron chi connectivity index (χ3n) is 4.23. The van der Waals surface area contributed by atoms with E-state index in [0.29, 0.717) is 6.07 Å². The van der Waals surface area contributed by atoms with Crippen molar-refractivity contribution in [2.75, 3.05) is 0 Å². The molecule has 0 amide bonds. The molecule has 2 aromatic carbocycles. The highest BCUT2D eigenvalue weighted by molar-refractivity contribution is 6.32. The van der Waals surface area contributed by atoms with Crippen LogP contribution in [0.4, 0.5) is 0 Å². The molecule has 28 heavy (non-hydrogen) atoms. The first-order valence-electron chi connectivity index (χ1n) is 7.43. The van der Waals surface area contributed by atoms with Crippen LogP contribution in [0.15, 0.2) is 24.3 Å². The monoisotopic (exact) mass is 384 g/mol. The maximum absolute atomic E-state index is 12.9. The molecule has 2 aromatic rings. The highest BCUT2D eigenvalue weighted by atomic mass is 16.4. The molecule has 0 saturated carbocycles. The van der Waals surface area contributed by atoms with Crippen molar-refractivity contribution < 1.29 is 49.2 Å². The van der Waals surface area contributed by atoms with Gasteiger partial charge < -0.3 is 20.4 Å². The summed E-state index contributed by atoms with van der Waals surface area (Å²) >= 11 is 0. The van der Waals surface area contributed by atoms with Crippen molar-refractivity contribution >= 4 is 35.4 Å².